The van der Waals surface area contributed by atoms with E-state index in [1.807, 2.05) is 0 Å². The number of hydrogen-bond donors (Lipinski definition) is 1. The maximum absolute atomic E-state index is 4.48. The number of nitrogens with zero attached hydrogens (tertiary/aromatic N) is 4. The van der Waals surface area contributed by atoms with Crippen molar-refractivity contribution < 1.29 is 0 Å². The van der Waals surface area contributed by atoms with Crippen LogP contribution in [-0.4, -0.2) is 44.8 Å². The van der Waals surface area contributed by atoms with Gasteiger partial charge in [-0.3, -0.25) is 4.90 Å². The molecule has 0 amide bonds. The molecule has 1 N–H and O–H groups in total. The minimum Gasteiger partial charge on any atom is -0.313 e. The highest BCUT2D eigenvalue weighted by molar-refractivity contribution is 4.89. The van der Waals surface area contributed by atoms with E-state index in [0.717, 1.165) is 25.5 Å². The van der Waals surface area contributed by atoms with Gasteiger partial charge in [0.1, 0.15) is 12.2 Å². The molecule has 2 heterocycles. The van der Waals surface area contributed by atoms with Gasteiger partial charge in [0.15, 0.2) is 0 Å². The van der Waals surface area contributed by atoms with Crippen molar-refractivity contribution in [2.24, 2.45) is 5.92 Å². The lowest BCUT2D eigenvalue weighted by Gasteiger charge is -2.36. The Morgan fingerprint density at radius 3 is 2.81 bits per heavy atom. The Balaban J connectivity index is 1.97. The number of rotatable bonds is 7. The molecule has 0 spiro atoms. The fourth-order valence-electron chi connectivity index (χ4n) is 2.96. The van der Waals surface area contributed by atoms with Gasteiger partial charge in [0.25, 0.3) is 0 Å². The lowest BCUT2D eigenvalue weighted by atomic mass is 10.0. The van der Waals surface area contributed by atoms with Gasteiger partial charge in [-0.25, -0.2) is 9.67 Å². The molecule has 1 atom stereocenters. The SMILES string of the molecule is CC(C)Cn1ncnc1CN1CCCCC1CNC(C)C. The molecule has 5 nitrogen and oxygen atoms in total. The van der Waals surface area contributed by atoms with Crippen LogP contribution in [0.4, 0.5) is 0 Å². The minimum absolute atomic E-state index is 0.554. The lowest BCUT2D eigenvalue weighted by Crippen LogP contribution is -2.46. The third-order valence-corrected chi connectivity index (χ3v) is 4.09. The predicted octanol–water partition coefficient (Wildman–Crippen LogP) is 2.29. The molecule has 2 rings (SSSR count). The van der Waals surface area contributed by atoms with Gasteiger partial charge in [-0.05, 0) is 25.3 Å². The Labute approximate surface area is 129 Å². The number of likely N-dealkylation sites (tertiary alicyclic amines) is 1. The first kappa shape index (κ1) is 16.4. The van der Waals surface area contributed by atoms with E-state index in [1.165, 1.54) is 25.8 Å². The van der Waals surface area contributed by atoms with Crippen molar-refractivity contribution in [2.45, 2.75) is 72.1 Å². The summed E-state index contributed by atoms with van der Waals surface area (Å²) in [6, 6.07) is 1.18. The van der Waals surface area contributed by atoms with E-state index in [2.05, 4.69) is 52.7 Å². The van der Waals surface area contributed by atoms with Crippen molar-refractivity contribution in [1.29, 1.82) is 0 Å². The van der Waals surface area contributed by atoms with Crippen molar-refractivity contribution in [2.75, 3.05) is 13.1 Å². The van der Waals surface area contributed by atoms with Gasteiger partial charge in [-0.15, -0.1) is 0 Å². The van der Waals surface area contributed by atoms with Gasteiger partial charge in [-0.1, -0.05) is 34.1 Å². The molecule has 21 heavy (non-hydrogen) atoms. The molecular weight excluding hydrogens is 262 g/mol. The van der Waals surface area contributed by atoms with Gasteiger partial charge in [0, 0.05) is 25.2 Å². The summed E-state index contributed by atoms with van der Waals surface area (Å²) in [7, 11) is 0. The standard InChI is InChI=1S/C16H31N5/c1-13(2)10-21-16(18-12-19-21)11-20-8-6-5-7-15(20)9-17-14(3)4/h12-15,17H,5-11H2,1-4H3. The van der Waals surface area contributed by atoms with Crippen LogP contribution in [0.3, 0.4) is 0 Å². The molecule has 0 saturated carbocycles. The summed E-state index contributed by atoms with van der Waals surface area (Å²) in [6.45, 7) is 13.0. The van der Waals surface area contributed by atoms with Crippen LogP contribution < -0.4 is 5.32 Å². The summed E-state index contributed by atoms with van der Waals surface area (Å²) in [5.74, 6) is 1.71. The van der Waals surface area contributed by atoms with E-state index in [9.17, 15) is 0 Å². The first-order valence-corrected chi connectivity index (χ1v) is 8.40. The lowest BCUT2D eigenvalue weighted by molar-refractivity contribution is 0.130. The number of aromatic nitrogens is 3. The van der Waals surface area contributed by atoms with Crippen molar-refractivity contribution in [1.82, 2.24) is 25.0 Å². The highest BCUT2D eigenvalue weighted by atomic mass is 15.4. The fourth-order valence-corrected chi connectivity index (χ4v) is 2.96. The molecule has 5 heteroatoms. The van der Waals surface area contributed by atoms with E-state index in [4.69, 9.17) is 0 Å². The second-order valence-electron chi connectivity index (χ2n) is 6.94. The second kappa shape index (κ2) is 7.90. The molecule has 1 aliphatic heterocycles. The molecule has 1 aromatic rings. The molecule has 0 radical (unpaired) electrons. The summed E-state index contributed by atoms with van der Waals surface area (Å²) < 4.78 is 2.08. The van der Waals surface area contributed by atoms with Gasteiger partial charge in [0.2, 0.25) is 0 Å². The summed E-state index contributed by atoms with van der Waals surface area (Å²) >= 11 is 0. The summed E-state index contributed by atoms with van der Waals surface area (Å²) in [4.78, 5) is 7.07. The predicted molar refractivity (Wildman–Crippen MR) is 86.0 cm³/mol. The van der Waals surface area contributed by atoms with E-state index < -0.39 is 0 Å². The van der Waals surface area contributed by atoms with Gasteiger partial charge in [-0.2, -0.15) is 5.10 Å². The Kier molecular flexibility index (Phi) is 6.18. The number of piperidine rings is 1. The Morgan fingerprint density at radius 2 is 2.10 bits per heavy atom. The van der Waals surface area contributed by atoms with Crippen LogP contribution >= 0.6 is 0 Å². The fraction of sp³-hybridized carbons (Fsp3) is 0.875. The maximum atomic E-state index is 4.48. The average Bonchev–Trinajstić information content (AvgIpc) is 2.84. The van der Waals surface area contributed by atoms with Crippen molar-refractivity contribution in [3.05, 3.63) is 12.2 Å². The maximum Gasteiger partial charge on any atom is 0.141 e. The number of hydrogen-bond acceptors (Lipinski definition) is 4. The van der Waals surface area contributed by atoms with Crippen molar-refractivity contribution in [3.8, 4) is 0 Å². The molecule has 0 bridgehead atoms. The molecule has 0 aliphatic carbocycles. The largest absolute Gasteiger partial charge is 0.313 e. The Bertz CT molecular complexity index is 413. The van der Waals surface area contributed by atoms with Crippen molar-refractivity contribution >= 4 is 0 Å². The molecule has 1 aliphatic rings. The van der Waals surface area contributed by atoms with Crippen LogP contribution in [-0.2, 0) is 13.1 Å². The Morgan fingerprint density at radius 1 is 1.29 bits per heavy atom. The molecule has 120 valence electrons. The smallest absolute Gasteiger partial charge is 0.141 e. The zero-order valence-corrected chi connectivity index (χ0v) is 14.0. The molecule has 1 saturated heterocycles. The zero-order valence-electron chi connectivity index (χ0n) is 14.0. The van der Waals surface area contributed by atoms with Gasteiger partial charge >= 0.3 is 0 Å². The molecule has 1 aromatic heterocycles. The van der Waals surface area contributed by atoms with E-state index >= 15 is 0 Å². The minimum atomic E-state index is 0.554. The summed E-state index contributed by atoms with van der Waals surface area (Å²) in [5, 5.41) is 7.97. The summed E-state index contributed by atoms with van der Waals surface area (Å²) in [5.41, 5.74) is 0. The van der Waals surface area contributed by atoms with Crippen LogP contribution in [0.25, 0.3) is 0 Å². The zero-order chi connectivity index (χ0) is 15.2. The van der Waals surface area contributed by atoms with Crippen LogP contribution in [0.2, 0.25) is 0 Å². The van der Waals surface area contributed by atoms with Crippen LogP contribution in [0.15, 0.2) is 6.33 Å². The van der Waals surface area contributed by atoms with Gasteiger partial charge in [0.05, 0.1) is 6.54 Å². The third-order valence-electron chi connectivity index (χ3n) is 4.09. The monoisotopic (exact) mass is 293 g/mol. The molecule has 1 unspecified atom stereocenters. The number of nitrogens with one attached hydrogen (secondary N) is 1. The average molecular weight is 293 g/mol. The molecule has 1 fully saturated rings. The first-order chi connectivity index (χ1) is 10.1. The van der Waals surface area contributed by atoms with Crippen LogP contribution in [0.1, 0.15) is 52.8 Å². The van der Waals surface area contributed by atoms with E-state index in [-0.39, 0.29) is 0 Å². The second-order valence-corrected chi connectivity index (χ2v) is 6.94. The van der Waals surface area contributed by atoms with E-state index in [1.54, 1.807) is 6.33 Å². The van der Waals surface area contributed by atoms with Crippen molar-refractivity contribution in [3.63, 3.8) is 0 Å². The van der Waals surface area contributed by atoms with Crippen LogP contribution in [0.5, 0.6) is 0 Å². The highest BCUT2D eigenvalue weighted by Crippen LogP contribution is 2.19. The topological polar surface area (TPSA) is 46.0 Å². The molecule has 0 aromatic carbocycles. The quantitative estimate of drug-likeness (QED) is 0.838. The van der Waals surface area contributed by atoms with E-state index in [0.29, 0.717) is 18.0 Å². The van der Waals surface area contributed by atoms with Crippen LogP contribution in [0, 0.1) is 5.92 Å². The molecular formula is C16H31N5. The van der Waals surface area contributed by atoms with Gasteiger partial charge < -0.3 is 5.32 Å². The third kappa shape index (κ3) is 5.08. The summed E-state index contributed by atoms with van der Waals surface area (Å²) in [6.07, 6.45) is 5.64. The first-order valence-electron chi connectivity index (χ1n) is 8.40. The Hall–Kier alpha value is -0.940. The highest BCUT2D eigenvalue weighted by Gasteiger charge is 2.24. The normalized spacial score (nSPS) is 20.6.